The van der Waals surface area contributed by atoms with Gasteiger partial charge in [-0.2, -0.15) is 4.31 Å². The molecule has 2 aromatic carbocycles. The summed E-state index contributed by atoms with van der Waals surface area (Å²) >= 11 is 3.45. The third-order valence-electron chi connectivity index (χ3n) is 4.67. The predicted molar refractivity (Wildman–Crippen MR) is 128 cm³/mol. The Kier molecular flexibility index (Phi) is 9.53. The molecule has 0 saturated heterocycles. The molecule has 170 valence electrons. The molecule has 6 nitrogen and oxygen atoms in total. The molecule has 0 fully saturated rings. The fraction of sp³-hybridized carbons (Fsp3) is 0.435. The Bertz CT molecular complexity index is 970. The molecule has 31 heavy (non-hydrogen) atoms. The van der Waals surface area contributed by atoms with Crippen LogP contribution < -0.4 is 10.1 Å². The van der Waals surface area contributed by atoms with Crippen molar-refractivity contribution in [3.05, 3.63) is 52.5 Å². The van der Waals surface area contributed by atoms with Gasteiger partial charge in [-0.3, -0.25) is 4.79 Å². The maximum absolute atomic E-state index is 12.8. The van der Waals surface area contributed by atoms with Crippen LogP contribution in [0.2, 0.25) is 0 Å². The minimum atomic E-state index is -3.54. The molecule has 2 rings (SSSR count). The van der Waals surface area contributed by atoms with Crippen LogP contribution in [0.1, 0.15) is 52.0 Å². The van der Waals surface area contributed by atoms with Crippen LogP contribution >= 0.6 is 15.9 Å². The largest absolute Gasteiger partial charge is 0.483 e. The van der Waals surface area contributed by atoms with Gasteiger partial charge < -0.3 is 10.1 Å². The zero-order valence-corrected chi connectivity index (χ0v) is 20.9. The van der Waals surface area contributed by atoms with Gasteiger partial charge in [0.15, 0.2) is 6.61 Å². The van der Waals surface area contributed by atoms with Gasteiger partial charge >= 0.3 is 0 Å². The number of hydrogen-bond acceptors (Lipinski definition) is 4. The maximum atomic E-state index is 12.8. The Labute approximate surface area is 194 Å². The Morgan fingerprint density at radius 1 is 1.06 bits per heavy atom. The van der Waals surface area contributed by atoms with Gasteiger partial charge in [-0.25, -0.2) is 8.42 Å². The summed E-state index contributed by atoms with van der Waals surface area (Å²) in [5.74, 6) is 0.610. The van der Waals surface area contributed by atoms with Gasteiger partial charge in [0.25, 0.3) is 5.91 Å². The van der Waals surface area contributed by atoms with E-state index in [4.69, 9.17) is 4.74 Å². The van der Waals surface area contributed by atoms with Crippen LogP contribution in [-0.4, -0.2) is 38.3 Å². The molecule has 0 aliphatic rings. The van der Waals surface area contributed by atoms with E-state index in [2.05, 4.69) is 35.1 Å². The highest BCUT2D eigenvalue weighted by Crippen LogP contribution is 2.29. The summed E-state index contributed by atoms with van der Waals surface area (Å²) in [6.07, 6.45) is 1.51. The number of rotatable bonds is 11. The molecule has 0 radical (unpaired) electrons. The quantitative estimate of drug-likeness (QED) is 0.438. The van der Waals surface area contributed by atoms with Crippen molar-refractivity contribution in [3.63, 3.8) is 0 Å². The predicted octanol–water partition coefficient (Wildman–Crippen LogP) is 5.40. The number of halogens is 1. The van der Waals surface area contributed by atoms with E-state index in [1.54, 1.807) is 12.1 Å². The fourth-order valence-corrected chi connectivity index (χ4v) is 5.16. The highest BCUT2D eigenvalue weighted by molar-refractivity contribution is 9.10. The molecule has 1 N–H and O–H groups in total. The van der Waals surface area contributed by atoms with Crippen molar-refractivity contribution in [1.29, 1.82) is 0 Å². The first kappa shape index (κ1) is 25.4. The number of ether oxygens (including phenoxy) is 1. The molecular weight excluding hydrogens is 480 g/mol. The van der Waals surface area contributed by atoms with Crippen molar-refractivity contribution in [3.8, 4) is 5.75 Å². The summed E-state index contributed by atoms with van der Waals surface area (Å²) in [7, 11) is -3.54. The minimum Gasteiger partial charge on any atom is -0.483 e. The second-order valence-electron chi connectivity index (χ2n) is 7.60. The van der Waals surface area contributed by atoms with Crippen LogP contribution in [0, 0.1) is 0 Å². The van der Waals surface area contributed by atoms with Crippen LogP contribution in [-0.2, 0) is 14.8 Å². The molecule has 8 heteroatoms. The molecule has 0 saturated carbocycles. The zero-order valence-electron chi connectivity index (χ0n) is 18.5. The third-order valence-corrected chi connectivity index (χ3v) is 7.08. The van der Waals surface area contributed by atoms with Crippen molar-refractivity contribution >= 4 is 37.5 Å². The smallest absolute Gasteiger partial charge is 0.262 e. The van der Waals surface area contributed by atoms with Crippen molar-refractivity contribution in [1.82, 2.24) is 4.31 Å². The number of sulfonamides is 1. The molecule has 0 aromatic heterocycles. The van der Waals surface area contributed by atoms with Crippen molar-refractivity contribution in [2.24, 2.45) is 0 Å². The Hall–Kier alpha value is -1.90. The molecule has 1 amide bonds. The van der Waals surface area contributed by atoms with E-state index in [1.165, 1.54) is 16.4 Å². The minimum absolute atomic E-state index is 0.137. The Morgan fingerprint density at radius 2 is 1.68 bits per heavy atom. The van der Waals surface area contributed by atoms with E-state index >= 15 is 0 Å². The lowest BCUT2D eigenvalue weighted by Gasteiger charge is -2.21. The highest BCUT2D eigenvalue weighted by Gasteiger charge is 2.23. The van der Waals surface area contributed by atoms with E-state index in [0.717, 1.165) is 22.9 Å². The number of hydrogen-bond donors (Lipinski definition) is 1. The molecule has 0 aliphatic carbocycles. The number of carbonyl (C=O) groups excluding carboxylic acids is 1. The van der Waals surface area contributed by atoms with Gasteiger partial charge in [0, 0.05) is 23.2 Å². The summed E-state index contributed by atoms with van der Waals surface area (Å²) in [4.78, 5) is 12.5. The Balaban J connectivity index is 2.02. The topological polar surface area (TPSA) is 75.7 Å². The molecule has 0 aliphatic heterocycles. The molecule has 0 bridgehead atoms. The number of benzene rings is 2. The standard InChI is InChI=1S/C23H31BrN2O4S/c1-5-13-26(14-6-2)31(28,29)20-10-8-19(9-11-20)25-23(27)16-30-22-12-7-18(24)15-21(22)17(3)4/h7-12,15,17H,5-6,13-14,16H2,1-4H3,(H,25,27). The van der Waals surface area contributed by atoms with E-state index in [-0.39, 0.29) is 23.3 Å². The number of amides is 1. The number of carbonyl (C=O) groups is 1. The SMILES string of the molecule is CCCN(CCC)S(=O)(=O)c1ccc(NC(=O)COc2ccc(Br)cc2C(C)C)cc1. The first-order valence-corrected chi connectivity index (χ1v) is 12.7. The molecule has 0 atom stereocenters. The van der Waals surface area contributed by atoms with Crippen LogP contribution in [0.15, 0.2) is 51.8 Å². The maximum Gasteiger partial charge on any atom is 0.262 e. The lowest BCUT2D eigenvalue weighted by atomic mass is 10.0. The van der Waals surface area contributed by atoms with Gasteiger partial charge in [0.2, 0.25) is 10.0 Å². The summed E-state index contributed by atoms with van der Waals surface area (Å²) < 4.78 is 33.8. The Morgan fingerprint density at radius 3 is 2.23 bits per heavy atom. The molecule has 0 unspecified atom stereocenters. The molecular formula is C23H31BrN2O4S. The van der Waals surface area contributed by atoms with Gasteiger partial charge in [0.05, 0.1) is 4.90 Å². The summed E-state index contributed by atoms with van der Waals surface area (Å²) in [5, 5.41) is 2.75. The van der Waals surface area contributed by atoms with Crippen LogP contribution in [0.3, 0.4) is 0 Å². The molecule has 2 aromatic rings. The lowest BCUT2D eigenvalue weighted by Crippen LogP contribution is -2.32. The van der Waals surface area contributed by atoms with E-state index in [9.17, 15) is 13.2 Å². The number of nitrogens with one attached hydrogen (secondary N) is 1. The third kappa shape index (κ3) is 7.05. The van der Waals surface area contributed by atoms with E-state index < -0.39 is 10.0 Å². The summed E-state index contributed by atoms with van der Waals surface area (Å²) in [6.45, 7) is 8.87. The van der Waals surface area contributed by atoms with Gasteiger partial charge in [0.1, 0.15) is 5.75 Å². The average Bonchev–Trinajstić information content (AvgIpc) is 2.73. The van der Waals surface area contributed by atoms with E-state index in [1.807, 2.05) is 32.0 Å². The van der Waals surface area contributed by atoms with Gasteiger partial charge in [-0.15, -0.1) is 0 Å². The first-order chi connectivity index (χ1) is 14.7. The lowest BCUT2D eigenvalue weighted by molar-refractivity contribution is -0.118. The van der Waals surface area contributed by atoms with Crippen LogP contribution in [0.4, 0.5) is 5.69 Å². The van der Waals surface area contributed by atoms with Crippen molar-refractivity contribution in [2.75, 3.05) is 25.0 Å². The van der Waals surface area contributed by atoms with Crippen LogP contribution in [0.5, 0.6) is 5.75 Å². The van der Waals surface area contributed by atoms with Crippen molar-refractivity contribution < 1.29 is 17.9 Å². The van der Waals surface area contributed by atoms with E-state index in [0.29, 0.717) is 24.5 Å². The highest BCUT2D eigenvalue weighted by atomic mass is 79.9. The fourth-order valence-electron chi connectivity index (χ4n) is 3.15. The monoisotopic (exact) mass is 510 g/mol. The van der Waals surface area contributed by atoms with Gasteiger partial charge in [-0.05, 0) is 66.8 Å². The average molecular weight is 511 g/mol. The summed E-state index contributed by atoms with van der Waals surface area (Å²) in [5.41, 5.74) is 1.53. The first-order valence-electron chi connectivity index (χ1n) is 10.5. The van der Waals surface area contributed by atoms with Gasteiger partial charge in [-0.1, -0.05) is 43.6 Å². The molecule has 0 heterocycles. The number of anilines is 1. The molecule has 0 spiro atoms. The van der Waals surface area contributed by atoms with Crippen LogP contribution in [0.25, 0.3) is 0 Å². The number of nitrogens with zero attached hydrogens (tertiary/aromatic N) is 1. The normalized spacial score (nSPS) is 11.7. The summed E-state index contributed by atoms with van der Waals surface area (Å²) in [6, 6.07) is 11.9. The second-order valence-corrected chi connectivity index (χ2v) is 10.5. The van der Waals surface area contributed by atoms with Crippen molar-refractivity contribution in [2.45, 2.75) is 51.3 Å². The zero-order chi connectivity index (χ0) is 23.0. The second kappa shape index (κ2) is 11.6.